The molecule has 0 bridgehead atoms. The van der Waals surface area contributed by atoms with Crippen molar-refractivity contribution in [3.05, 3.63) is 113 Å². The molecule has 2 heterocycles. The van der Waals surface area contributed by atoms with E-state index in [9.17, 15) is 18.0 Å². The van der Waals surface area contributed by atoms with Crippen LogP contribution in [0.4, 0.5) is 0 Å². The lowest BCUT2D eigenvalue weighted by molar-refractivity contribution is 0.0970. The molecule has 5 rings (SSSR count). The standard InChI is InChI=1S/C29H26N2O4S/c32-28(21-30-20-27(15-16-29(30)33)36(34,35)31-17-4-5-18-31)26-10-6-9-25(19-26)24-13-11-23(12-14-24)22-7-2-1-3-8-22/h1-3,6-16,19-20H,4-5,17-18,21H2. The largest absolute Gasteiger partial charge is 0.306 e. The van der Waals surface area contributed by atoms with E-state index in [0.717, 1.165) is 35.1 Å². The van der Waals surface area contributed by atoms with Gasteiger partial charge in [0.1, 0.15) is 0 Å². The van der Waals surface area contributed by atoms with E-state index in [1.54, 1.807) is 12.1 Å². The molecule has 182 valence electrons. The van der Waals surface area contributed by atoms with Crippen molar-refractivity contribution in [1.29, 1.82) is 0 Å². The van der Waals surface area contributed by atoms with Crippen LogP contribution in [-0.4, -0.2) is 36.2 Å². The zero-order valence-corrected chi connectivity index (χ0v) is 20.5. The SMILES string of the molecule is O=C(Cn1cc(S(=O)(=O)N2CCCC2)ccc1=O)c1cccc(-c2ccc(-c3ccccc3)cc2)c1. The van der Waals surface area contributed by atoms with Gasteiger partial charge >= 0.3 is 0 Å². The van der Waals surface area contributed by atoms with Crippen molar-refractivity contribution in [3.8, 4) is 22.3 Å². The van der Waals surface area contributed by atoms with E-state index in [2.05, 4.69) is 12.1 Å². The molecule has 3 aromatic carbocycles. The van der Waals surface area contributed by atoms with Crippen LogP contribution in [0.2, 0.25) is 0 Å². The summed E-state index contributed by atoms with van der Waals surface area (Å²) in [4.78, 5) is 25.5. The number of aromatic nitrogens is 1. The van der Waals surface area contributed by atoms with Gasteiger partial charge in [-0.3, -0.25) is 9.59 Å². The molecule has 0 atom stereocenters. The maximum Gasteiger partial charge on any atom is 0.251 e. The summed E-state index contributed by atoms with van der Waals surface area (Å²) < 4.78 is 28.4. The topological polar surface area (TPSA) is 76.5 Å². The van der Waals surface area contributed by atoms with Crippen molar-refractivity contribution in [3.63, 3.8) is 0 Å². The number of nitrogens with zero attached hydrogens (tertiary/aromatic N) is 2. The van der Waals surface area contributed by atoms with E-state index < -0.39 is 15.6 Å². The molecule has 1 aromatic heterocycles. The van der Waals surface area contributed by atoms with Crippen molar-refractivity contribution in [2.75, 3.05) is 13.1 Å². The first-order chi connectivity index (χ1) is 17.4. The molecule has 0 unspecified atom stereocenters. The number of Topliss-reactive ketones (excluding diaryl/α,β-unsaturated/α-hetero) is 1. The zero-order valence-electron chi connectivity index (χ0n) is 19.7. The van der Waals surface area contributed by atoms with Crippen LogP contribution in [0, 0.1) is 0 Å². The van der Waals surface area contributed by atoms with Crippen molar-refractivity contribution >= 4 is 15.8 Å². The Hall–Kier alpha value is -3.81. The van der Waals surface area contributed by atoms with Gasteiger partial charge in [-0.1, -0.05) is 72.8 Å². The first-order valence-electron chi connectivity index (χ1n) is 11.9. The number of rotatable bonds is 7. The maximum atomic E-state index is 13.1. The minimum atomic E-state index is -3.68. The van der Waals surface area contributed by atoms with Crippen LogP contribution in [-0.2, 0) is 16.6 Å². The summed E-state index contributed by atoms with van der Waals surface area (Å²) in [5, 5.41) is 0. The molecule has 1 saturated heterocycles. The third-order valence-corrected chi connectivity index (χ3v) is 8.37. The van der Waals surface area contributed by atoms with Gasteiger partial charge in [0.25, 0.3) is 5.56 Å². The first kappa shape index (κ1) is 23.9. The van der Waals surface area contributed by atoms with Gasteiger partial charge in [-0.2, -0.15) is 4.31 Å². The van der Waals surface area contributed by atoms with Gasteiger partial charge in [0.15, 0.2) is 5.78 Å². The Morgan fingerprint density at radius 1 is 0.722 bits per heavy atom. The first-order valence-corrected chi connectivity index (χ1v) is 13.4. The lowest BCUT2D eigenvalue weighted by Crippen LogP contribution is -2.30. The molecule has 6 nitrogen and oxygen atoms in total. The Kier molecular flexibility index (Phi) is 6.67. The van der Waals surface area contributed by atoms with Crippen molar-refractivity contribution in [1.82, 2.24) is 8.87 Å². The number of pyridine rings is 1. The Morgan fingerprint density at radius 3 is 2.03 bits per heavy atom. The third kappa shape index (κ3) is 4.94. The molecular formula is C29H26N2O4S. The summed E-state index contributed by atoms with van der Waals surface area (Å²) in [7, 11) is -3.68. The van der Waals surface area contributed by atoms with E-state index in [4.69, 9.17) is 0 Å². The van der Waals surface area contributed by atoms with Gasteiger partial charge < -0.3 is 4.57 Å². The summed E-state index contributed by atoms with van der Waals surface area (Å²) >= 11 is 0. The number of carbonyl (C=O) groups excluding carboxylic acids is 1. The second-order valence-electron chi connectivity index (χ2n) is 8.89. The predicted molar refractivity (Wildman–Crippen MR) is 140 cm³/mol. The fraction of sp³-hybridized carbons (Fsp3) is 0.172. The monoisotopic (exact) mass is 498 g/mol. The molecule has 0 N–H and O–H groups in total. The van der Waals surface area contributed by atoms with Crippen LogP contribution >= 0.6 is 0 Å². The smallest absolute Gasteiger partial charge is 0.251 e. The minimum Gasteiger partial charge on any atom is -0.306 e. The van der Waals surface area contributed by atoms with Gasteiger partial charge in [0, 0.05) is 30.9 Å². The lowest BCUT2D eigenvalue weighted by Gasteiger charge is -2.16. The van der Waals surface area contributed by atoms with Crippen LogP contribution < -0.4 is 5.56 Å². The number of carbonyl (C=O) groups is 1. The minimum absolute atomic E-state index is 0.0315. The van der Waals surface area contributed by atoms with Gasteiger partial charge in [0.2, 0.25) is 10.0 Å². The number of benzene rings is 3. The summed E-state index contributed by atoms with van der Waals surface area (Å²) in [6.45, 7) is 0.706. The number of hydrogen-bond donors (Lipinski definition) is 0. The second kappa shape index (κ2) is 10.0. The molecule has 0 saturated carbocycles. The average Bonchev–Trinajstić information content (AvgIpc) is 3.47. The summed E-state index contributed by atoms with van der Waals surface area (Å²) in [6.07, 6.45) is 2.92. The molecule has 7 heteroatoms. The van der Waals surface area contributed by atoms with E-state index in [1.807, 2.05) is 54.6 Å². The normalized spacial score (nSPS) is 14.1. The van der Waals surface area contributed by atoms with E-state index in [0.29, 0.717) is 18.7 Å². The summed E-state index contributed by atoms with van der Waals surface area (Å²) in [5.74, 6) is -0.268. The van der Waals surface area contributed by atoms with Gasteiger partial charge in [-0.05, 0) is 47.2 Å². The zero-order chi connectivity index (χ0) is 25.1. The Labute approximate surface area is 210 Å². The van der Waals surface area contributed by atoms with E-state index >= 15 is 0 Å². The van der Waals surface area contributed by atoms with Gasteiger partial charge in [-0.25, -0.2) is 8.42 Å². The van der Waals surface area contributed by atoms with E-state index in [-0.39, 0.29) is 17.2 Å². The highest BCUT2D eigenvalue weighted by atomic mass is 32.2. The lowest BCUT2D eigenvalue weighted by atomic mass is 9.98. The van der Waals surface area contributed by atoms with Crippen LogP contribution in [0.1, 0.15) is 23.2 Å². The van der Waals surface area contributed by atoms with Crippen LogP contribution in [0.3, 0.4) is 0 Å². The van der Waals surface area contributed by atoms with Crippen molar-refractivity contribution < 1.29 is 13.2 Å². The summed E-state index contributed by atoms with van der Waals surface area (Å²) in [5.41, 5.74) is 4.14. The average molecular weight is 499 g/mol. The van der Waals surface area contributed by atoms with Gasteiger partial charge in [0.05, 0.1) is 11.4 Å². The molecule has 0 amide bonds. The number of hydrogen-bond acceptors (Lipinski definition) is 4. The molecule has 0 aliphatic carbocycles. The molecule has 0 spiro atoms. The molecule has 0 radical (unpaired) electrons. The van der Waals surface area contributed by atoms with Gasteiger partial charge in [-0.15, -0.1) is 0 Å². The highest BCUT2D eigenvalue weighted by molar-refractivity contribution is 7.89. The Morgan fingerprint density at radius 2 is 1.33 bits per heavy atom. The Bertz CT molecular complexity index is 1550. The van der Waals surface area contributed by atoms with Crippen LogP contribution in [0.15, 0.2) is 107 Å². The molecular weight excluding hydrogens is 472 g/mol. The highest BCUT2D eigenvalue weighted by Crippen LogP contribution is 2.26. The van der Waals surface area contributed by atoms with Crippen LogP contribution in [0.25, 0.3) is 22.3 Å². The molecule has 1 fully saturated rings. The van der Waals surface area contributed by atoms with Crippen molar-refractivity contribution in [2.24, 2.45) is 0 Å². The third-order valence-electron chi connectivity index (χ3n) is 6.48. The maximum absolute atomic E-state index is 13.1. The van der Waals surface area contributed by atoms with E-state index in [1.165, 1.54) is 27.2 Å². The van der Waals surface area contributed by atoms with Crippen molar-refractivity contribution in [2.45, 2.75) is 24.3 Å². The Balaban J connectivity index is 1.37. The van der Waals surface area contributed by atoms with Crippen LogP contribution in [0.5, 0.6) is 0 Å². The summed E-state index contributed by atoms with van der Waals surface area (Å²) in [6, 6.07) is 28.0. The quantitative estimate of drug-likeness (QED) is 0.341. The molecule has 1 aliphatic rings. The fourth-order valence-electron chi connectivity index (χ4n) is 4.47. The fourth-order valence-corrected chi connectivity index (χ4v) is 6.00. The molecule has 4 aromatic rings. The highest BCUT2D eigenvalue weighted by Gasteiger charge is 2.27. The number of ketones is 1. The predicted octanol–water partition coefficient (Wildman–Crippen LogP) is 4.85. The second-order valence-corrected chi connectivity index (χ2v) is 10.8. The molecule has 36 heavy (non-hydrogen) atoms. The number of sulfonamides is 1. The molecule has 1 aliphatic heterocycles.